The minimum absolute atomic E-state index is 0.199. The van der Waals surface area contributed by atoms with Crippen LogP contribution in [0.15, 0.2) is 18.2 Å². The molecule has 4 rings (SSSR count). The summed E-state index contributed by atoms with van der Waals surface area (Å²) < 4.78 is 8.96. The molecule has 1 saturated heterocycles. The highest BCUT2D eigenvalue weighted by Crippen LogP contribution is 2.34. The van der Waals surface area contributed by atoms with Crippen molar-refractivity contribution in [3.8, 4) is 0 Å². The van der Waals surface area contributed by atoms with Crippen molar-refractivity contribution in [3.05, 3.63) is 24.0 Å². The molecule has 1 atom stereocenters. The van der Waals surface area contributed by atoms with E-state index in [1.165, 1.54) is 5.69 Å². The minimum atomic E-state index is -0.499. The van der Waals surface area contributed by atoms with Crippen LogP contribution in [-0.2, 0) is 17.7 Å². The van der Waals surface area contributed by atoms with Gasteiger partial charge in [-0.15, -0.1) is 12.6 Å². The molecule has 43 heavy (non-hydrogen) atoms. The second kappa shape index (κ2) is 14.4. The summed E-state index contributed by atoms with van der Waals surface area (Å²) in [6.07, 6.45) is 6.50. The zero-order chi connectivity index (χ0) is 31.4. The normalized spacial score (nSPS) is 16.7. The van der Waals surface area contributed by atoms with Gasteiger partial charge < -0.3 is 24.8 Å². The first-order valence-electron chi connectivity index (χ1n) is 16.4. The standard InChI is InChI=1S/C34H57N7OS/c1-9-10-13-29-37-30-31(41(29)17-12-11-16-38(7)8)27-22-26(14-15-28(27)36-32(30)35)40-20-18-39(19-21-40)24-34(6,43)42-33(4,5)23-25(2)3/h14-15,22,25,43H,9-13,16-21,23-24H2,1-8H3,(H2,35,36). The molecule has 3 aromatic rings. The molecule has 0 aliphatic carbocycles. The number of aryl methyl sites for hydroxylation is 2. The Hall–Kier alpha value is -2.07. The van der Waals surface area contributed by atoms with Crippen LogP contribution in [0.3, 0.4) is 0 Å². The van der Waals surface area contributed by atoms with Crippen molar-refractivity contribution in [1.29, 1.82) is 0 Å². The topological polar surface area (TPSA) is 75.7 Å². The number of unbranched alkanes of at least 4 members (excludes halogenated alkanes) is 2. The maximum absolute atomic E-state index is 6.51. The van der Waals surface area contributed by atoms with Gasteiger partial charge in [-0.2, -0.15) is 0 Å². The molecule has 2 N–H and O–H groups in total. The van der Waals surface area contributed by atoms with Gasteiger partial charge in [0.1, 0.15) is 16.3 Å². The van der Waals surface area contributed by atoms with Gasteiger partial charge in [-0.3, -0.25) is 4.90 Å². The Morgan fingerprint density at radius 3 is 2.42 bits per heavy atom. The smallest absolute Gasteiger partial charge is 0.152 e. The fraction of sp³-hybridized carbons (Fsp3) is 0.706. The van der Waals surface area contributed by atoms with Gasteiger partial charge >= 0.3 is 0 Å². The Balaban J connectivity index is 1.54. The number of fused-ring (bicyclic) bond motifs is 3. The van der Waals surface area contributed by atoms with Gasteiger partial charge in [-0.25, -0.2) is 9.97 Å². The third kappa shape index (κ3) is 8.99. The van der Waals surface area contributed by atoms with E-state index in [1.54, 1.807) is 0 Å². The minimum Gasteiger partial charge on any atom is -0.382 e. The van der Waals surface area contributed by atoms with Crippen molar-refractivity contribution in [2.75, 3.05) is 64.0 Å². The van der Waals surface area contributed by atoms with Gasteiger partial charge in [0.25, 0.3) is 0 Å². The molecule has 2 aromatic heterocycles. The number of nitrogen functional groups attached to an aromatic ring is 1. The zero-order valence-electron chi connectivity index (χ0n) is 28.1. The van der Waals surface area contributed by atoms with Gasteiger partial charge in [-0.1, -0.05) is 27.2 Å². The molecule has 1 aliphatic heterocycles. The van der Waals surface area contributed by atoms with Gasteiger partial charge in [0.2, 0.25) is 0 Å². The molecular weight excluding hydrogens is 554 g/mol. The fourth-order valence-corrected chi connectivity index (χ4v) is 7.28. The molecule has 1 aromatic carbocycles. The maximum atomic E-state index is 6.51. The van der Waals surface area contributed by atoms with E-state index in [9.17, 15) is 0 Å². The third-order valence-corrected chi connectivity index (χ3v) is 8.64. The number of hydrogen-bond donors (Lipinski definition) is 2. The van der Waals surface area contributed by atoms with E-state index in [2.05, 4.69) is 93.1 Å². The molecule has 3 heterocycles. The molecule has 0 amide bonds. The zero-order valence-corrected chi connectivity index (χ0v) is 29.0. The van der Waals surface area contributed by atoms with E-state index in [0.717, 1.165) is 112 Å². The molecule has 1 unspecified atom stereocenters. The fourth-order valence-electron chi connectivity index (χ4n) is 6.84. The highest BCUT2D eigenvalue weighted by atomic mass is 32.1. The molecule has 0 spiro atoms. The number of hydrogen-bond acceptors (Lipinski definition) is 8. The Labute approximate surface area is 265 Å². The monoisotopic (exact) mass is 611 g/mol. The Bertz CT molecular complexity index is 1340. The average molecular weight is 612 g/mol. The first-order valence-corrected chi connectivity index (χ1v) is 16.9. The van der Waals surface area contributed by atoms with Crippen LogP contribution in [0.4, 0.5) is 11.5 Å². The largest absolute Gasteiger partial charge is 0.382 e. The van der Waals surface area contributed by atoms with Crippen LogP contribution in [0.2, 0.25) is 0 Å². The van der Waals surface area contributed by atoms with Crippen LogP contribution >= 0.6 is 12.6 Å². The quantitative estimate of drug-likeness (QED) is 0.116. The second-order valence-corrected chi connectivity index (χ2v) is 15.0. The molecule has 1 fully saturated rings. The SMILES string of the molecule is CCCCc1nc2c(N)nc3ccc(N4CCN(CC(C)(S)OC(C)(C)CC(C)C)CC4)cc3c2n1CCCCN(C)C. The van der Waals surface area contributed by atoms with Crippen LogP contribution in [0.5, 0.6) is 0 Å². The summed E-state index contributed by atoms with van der Waals surface area (Å²) in [5.41, 5.74) is 10.5. The number of benzene rings is 1. The van der Waals surface area contributed by atoms with Crippen LogP contribution in [0.25, 0.3) is 21.9 Å². The number of nitrogens with zero attached hydrogens (tertiary/aromatic N) is 6. The predicted molar refractivity (Wildman–Crippen MR) is 187 cm³/mol. The summed E-state index contributed by atoms with van der Waals surface area (Å²) in [7, 11) is 4.28. The van der Waals surface area contributed by atoms with Crippen LogP contribution in [-0.4, -0.2) is 88.2 Å². The predicted octanol–water partition coefficient (Wildman–Crippen LogP) is 6.46. The lowest BCUT2D eigenvalue weighted by molar-refractivity contribution is -0.101. The maximum Gasteiger partial charge on any atom is 0.152 e. The lowest BCUT2D eigenvalue weighted by atomic mass is 9.96. The van der Waals surface area contributed by atoms with Crippen molar-refractivity contribution in [2.24, 2.45) is 5.92 Å². The van der Waals surface area contributed by atoms with Gasteiger partial charge in [0, 0.05) is 56.8 Å². The van der Waals surface area contributed by atoms with E-state index in [0.29, 0.717) is 11.7 Å². The number of anilines is 2. The highest BCUT2D eigenvalue weighted by molar-refractivity contribution is 7.81. The Kier molecular flexibility index (Phi) is 11.3. The van der Waals surface area contributed by atoms with E-state index in [-0.39, 0.29) is 5.60 Å². The Morgan fingerprint density at radius 2 is 1.77 bits per heavy atom. The van der Waals surface area contributed by atoms with E-state index < -0.39 is 4.93 Å². The lowest BCUT2D eigenvalue weighted by Crippen LogP contribution is -2.52. The summed E-state index contributed by atoms with van der Waals surface area (Å²) in [5.74, 6) is 2.25. The van der Waals surface area contributed by atoms with Crippen molar-refractivity contribution in [1.82, 2.24) is 24.3 Å². The number of thiol groups is 1. The molecule has 1 aliphatic rings. The first kappa shape index (κ1) is 33.8. The summed E-state index contributed by atoms with van der Waals surface area (Å²) in [6.45, 7) is 19.9. The summed E-state index contributed by atoms with van der Waals surface area (Å²) in [5, 5.41) is 1.15. The molecule has 8 nitrogen and oxygen atoms in total. The molecule has 9 heteroatoms. The number of pyridine rings is 1. The first-order chi connectivity index (χ1) is 20.3. The highest BCUT2D eigenvalue weighted by Gasteiger charge is 2.33. The number of nitrogens with two attached hydrogens (primary N) is 1. The van der Waals surface area contributed by atoms with Gasteiger partial charge in [0.05, 0.1) is 16.6 Å². The van der Waals surface area contributed by atoms with E-state index in [4.69, 9.17) is 33.1 Å². The number of rotatable bonds is 15. The number of ether oxygens (including phenoxy) is 1. The molecule has 0 saturated carbocycles. The van der Waals surface area contributed by atoms with E-state index in [1.807, 2.05) is 0 Å². The summed E-state index contributed by atoms with van der Waals surface area (Å²) >= 11 is 4.96. The lowest BCUT2D eigenvalue weighted by Gasteiger charge is -2.42. The van der Waals surface area contributed by atoms with Gasteiger partial charge in [0.15, 0.2) is 5.82 Å². The van der Waals surface area contributed by atoms with Crippen LogP contribution in [0.1, 0.15) is 79.5 Å². The van der Waals surface area contributed by atoms with Crippen molar-refractivity contribution in [2.45, 2.75) is 97.1 Å². The van der Waals surface area contributed by atoms with Crippen molar-refractivity contribution < 1.29 is 4.74 Å². The Morgan fingerprint density at radius 1 is 1.05 bits per heavy atom. The van der Waals surface area contributed by atoms with Crippen molar-refractivity contribution >= 4 is 46.1 Å². The molecular formula is C34H57N7OS. The molecule has 0 bridgehead atoms. The van der Waals surface area contributed by atoms with Crippen LogP contribution in [0, 0.1) is 5.92 Å². The summed E-state index contributed by atoms with van der Waals surface area (Å²) in [6, 6.07) is 6.66. The number of aromatic nitrogens is 3. The summed E-state index contributed by atoms with van der Waals surface area (Å²) in [4.78, 5) is 16.6. The van der Waals surface area contributed by atoms with Crippen molar-refractivity contribution in [3.63, 3.8) is 0 Å². The number of imidazole rings is 1. The van der Waals surface area contributed by atoms with Gasteiger partial charge in [-0.05, 0) is 91.2 Å². The third-order valence-electron chi connectivity index (χ3n) is 8.41. The molecule has 0 radical (unpaired) electrons. The average Bonchev–Trinajstić information content (AvgIpc) is 3.27. The number of piperazine rings is 1. The molecule has 240 valence electrons. The van der Waals surface area contributed by atoms with E-state index >= 15 is 0 Å². The van der Waals surface area contributed by atoms with Crippen LogP contribution < -0.4 is 10.6 Å². The second-order valence-electron chi connectivity index (χ2n) is 14.1.